The lowest BCUT2D eigenvalue weighted by Crippen LogP contribution is -2.60. The minimum absolute atomic E-state index is 0.0434. The van der Waals surface area contributed by atoms with E-state index in [2.05, 4.69) is 0 Å². The van der Waals surface area contributed by atoms with E-state index in [1.165, 1.54) is 24.3 Å². The summed E-state index contributed by atoms with van der Waals surface area (Å²) >= 11 is 0. The molecule has 0 radical (unpaired) electrons. The van der Waals surface area contributed by atoms with Crippen molar-refractivity contribution in [1.29, 1.82) is 0 Å². The molecule has 0 amide bonds. The molecule has 24 nitrogen and oxygen atoms in total. The zero-order valence-electron chi connectivity index (χ0n) is 33.9. The van der Waals surface area contributed by atoms with Crippen LogP contribution in [0.25, 0.3) is 28.4 Å². The topological polar surface area (TPSA) is 406 Å². The monoisotopic (exact) mass is 934 g/mol. The molecule has 15 unspecified atom stereocenters. The van der Waals surface area contributed by atoms with Gasteiger partial charge in [-0.3, -0.25) is 4.79 Å². The lowest BCUT2D eigenvalue weighted by molar-refractivity contribution is -0.277. The Morgan fingerprint density at radius 2 is 1.14 bits per heavy atom. The van der Waals surface area contributed by atoms with E-state index >= 15 is 0 Å². The van der Waals surface area contributed by atoms with Crippen LogP contribution in [0, 0.1) is 0 Å². The predicted octanol–water partition coefficient (Wildman–Crippen LogP) is -3.58. The largest absolute Gasteiger partial charge is 0.507 e. The highest BCUT2D eigenvalue weighted by Gasteiger charge is 2.50. The Balaban J connectivity index is 1.10. The second-order valence-electron chi connectivity index (χ2n) is 15.5. The number of phenolic OH excluding ortho intramolecular Hbond substituents is 4. The van der Waals surface area contributed by atoms with Crippen LogP contribution in [-0.2, 0) is 23.7 Å². The molecule has 3 aliphatic heterocycles. The van der Waals surface area contributed by atoms with Crippen molar-refractivity contribution in [2.45, 2.75) is 91.9 Å². The zero-order valence-corrected chi connectivity index (χ0v) is 33.9. The van der Waals surface area contributed by atoms with E-state index in [0.717, 1.165) is 36.4 Å². The maximum atomic E-state index is 13.6. The fourth-order valence-corrected chi connectivity index (χ4v) is 7.61. The second kappa shape index (κ2) is 19.7. The first-order valence-electron chi connectivity index (χ1n) is 20.0. The third-order valence-corrected chi connectivity index (χ3v) is 11.2. The van der Waals surface area contributed by atoms with E-state index in [0.29, 0.717) is 0 Å². The fraction of sp³-hybridized carbons (Fsp3) is 0.429. The number of aromatic hydroxyl groups is 4. The number of phenols is 4. The predicted molar refractivity (Wildman–Crippen MR) is 215 cm³/mol. The normalized spacial score (nSPS) is 32.6. The molecule has 0 spiro atoms. The Bertz CT molecular complexity index is 2470. The number of aliphatic hydroxyl groups excluding tert-OH is 11. The van der Waals surface area contributed by atoms with Crippen LogP contribution in [0.15, 0.2) is 63.8 Å². The molecule has 3 aromatic carbocycles. The summed E-state index contributed by atoms with van der Waals surface area (Å²) in [6.45, 7) is -2.37. The van der Waals surface area contributed by atoms with Gasteiger partial charge < -0.3 is 109 Å². The molecule has 15 N–H and O–H groups in total. The van der Waals surface area contributed by atoms with Crippen LogP contribution < -0.4 is 14.9 Å². The van der Waals surface area contributed by atoms with Gasteiger partial charge in [0.1, 0.15) is 101 Å². The molecular weight excluding hydrogens is 888 g/mol. The maximum Gasteiger partial charge on any atom is 0.331 e. The van der Waals surface area contributed by atoms with Gasteiger partial charge in [0, 0.05) is 23.8 Å². The molecule has 358 valence electrons. The smallest absolute Gasteiger partial charge is 0.331 e. The van der Waals surface area contributed by atoms with E-state index < -0.39 is 163 Å². The summed E-state index contributed by atoms with van der Waals surface area (Å²) in [7, 11) is 0. The van der Waals surface area contributed by atoms with Gasteiger partial charge in [-0.05, 0) is 42.0 Å². The van der Waals surface area contributed by atoms with E-state index in [9.17, 15) is 86.2 Å². The van der Waals surface area contributed by atoms with Gasteiger partial charge >= 0.3 is 5.97 Å². The van der Waals surface area contributed by atoms with Crippen LogP contribution >= 0.6 is 0 Å². The van der Waals surface area contributed by atoms with Gasteiger partial charge in [0.2, 0.25) is 12.6 Å². The summed E-state index contributed by atoms with van der Waals surface area (Å²) in [5, 5.41) is 155. The molecule has 7 rings (SSSR count). The van der Waals surface area contributed by atoms with Crippen LogP contribution in [0.4, 0.5) is 0 Å². The van der Waals surface area contributed by atoms with Crippen molar-refractivity contribution in [3.63, 3.8) is 0 Å². The average molecular weight is 935 g/mol. The molecule has 4 aromatic rings. The number of benzene rings is 3. The van der Waals surface area contributed by atoms with E-state index in [1.807, 2.05) is 0 Å². The molecule has 0 bridgehead atoms. The van der Waals surface area contributed by atoms with Crippen molar-refractivity contribution in [3.05, 3.63) is 76.0 Å². The molecule has 3 saturated heterocycles. The number of carbonyl (C=O) groups excluding carboxylic acids is 1. The number of aliphatic hydroxyl groups is 11. The van der Waals surface area contributed by atoms with Gasteiger partial charge in [-0.2, -0.15) is 0 Å². The van der Waals surface area contributed by atoms with E-state index in [1.54, 1.807) is 0 Å². The molecule has 3 aliphatic rings. The Morgan fingerprint density at radius 3 is 1.68 bits per heavy atom. The summed E-state index contributed by atoms with van der Waals surface area (Å²) in [6, 6.07) is 8.94. The molecule has 15 atom stereocenters. The molecule has 66 heavy (non-hydrogen) atoms. The summed E-state index contributed by atoms with van der Waals surface area (Å²) in [4.78, 5) is 26.8. The molecular formula is C42H46O24. The molecule has 1 aromatic heterocycles. The van der Waals surface area contributed by atoms with Crippen molar-refractivity contribution in [2.24, 2.45) is 0 Å². The maximum absolute atomic E-state index is 13.6. The molecule has 24 heteroatoms. The lowest BCUT2D eigenvalue weighted by atomic mass is 9.89. The summed E-state index contributed by atoms with van der Waals surface area (Å²) in [5.74, 6) is -4.94. The van der Waals surface area contributed by atoms with Gasteiger partial charge in [-0.25, -0.2) is 4.79 Å². The Hall–Kier alpha value is -5.68. The van der Waals surface area contributed by atoms with Crippen LogP contribution in [-0.4, -0.2) is 188 Å². The van der Waals surface area contributed by atoms with Crippen LogP contribution in [0.5, 0.6) is 34.5 Å². The van der Waals surface area contributed by atoms with E-state index in [-0.39, 0.29) is 28.4 Å². The van der Waals surface area contributed by atoms with Crippen LogP contribution in [0.1, 0.15) is 17.2 Å². The van der Waals surface area contributed by atoms with Gasteiger partial charge in [0.25, 0.3) is 0 Å². The zero-order chi connectivity index (χ0) is 47.9. The lowest BCUT2D eigenvalue weighted by Gasteiger charge is -2.42. The Morgan fingerprint density at radius 1 is 0.606 bits per heavy atom. The van der Waals surface area contributed by atoms with Crippen molar-refractivity contribution in [3.8, 4) is 45.8 Å². The highest BCUT2D eigenvalue weighted by molar-refractivity contribution is 5.89. The van der Waals surface area contributed by atoms with Gasteiger partial charge in [0.05, 0.1) is 25.4 Å². The summed E-state index contributed by atoms with van der Waals surface area (Å²) in [6.07, 6.45) is -23.6. The first kappa shape index (κ1) is 48.3. The second-order valence-corrected chi connectivity index (χ2v) is 15.5. The van der Waals surface area contributed by atoms with Crippen molar-refractivity contribution in [2.75, 3.05) is 19.8 Å². The minimum atomic E-state index is -2.03. The van der Waals surface area contributed by atoms with Crippen LogP contribution in [0.3, 0.4) is 0 Å². The standard InChI is InChI=1S/C42H46O24/c43-11-24-32(53)36(57)40(66-27(50)6-2-14-1-4-20(16(46)7-14)62-41-37(58)34(55)30(51)25(12-44)64-41)39(61-24)29-19(49)10-23-28(33(29)54)18(48)9-22(60-23)15-3-5-21(17(47)8-15)63-42-38(59)35(56)31(52)26(13-45)65-42/h1-10,24-26,30-32,34-47,49,51-59H,11-13H2. The first-order chi connectivity index (χ1) is 31.4. The van der Waals surface area contributed by atoms with Gasteiger partial charge in [-0.15, -0.1) is 0 Å². The highest BCUT2D eigenvalue weighted by Crippen LogP contribution is 2.46. The van der Waals surface area contributed by atoms with Gasteiger partial charge in [-0.1, -0.05) is 6.07 Å². The summed E-state index contributed by atoms with van der Waals surface area (Å²) < 4.78 is 38.4. The SMILES string of the molecule is O=C(C=Cc1ccc(OC2OC(CO)C(O)C(O)C2O)c(O)c1)OC1C(c2c(O)cc3oc(-c4ccc(OC5OC(CO)C(O)C(O)C5O)c(O)c4)cc(=O)c3c2O)OC(CO)C(O)C1O. The van der Waals surface area contributed by atoms with Crippen molar-refractivity contribution < 1.29 is 114 Å². The molecule has 0 saturated carbocycles. The van der Waals surface area contributed by atoms with Crippen LogP contribution in [0.2, 0.25) is 0 Å². The fourth-order valence-electron chi connectivity index (χ4n) is 7.61. The number of carbonyl (C=O) groups is 1. The Labute approximate surface area is 370 Å². The third kappa shape index (κ3) is 9.33. The summed E-state index contributed by atoms with van der Waals surface area (Å²) in [5.41, 5.74) is -1.78. The number of fused-ring (bicyclic) bond motifs is 1. The first-order valence-corrected chi connectivity index (χ1v) is 20.0. The highest BCUT2D eigenvalue weighted by atomic mass is 16.7. The van der Waals surface area contributed by atoms with Gasteiger partial charge in [0.15, 0.2) is 34.5 Å². The number of hydrogen-bond donors (Lipinski definition) is 15. The van der Waals surface area contributed by atoms with Crippen molar-refractivity contribution >= 4 is 23.0 Å². The third-order valence-electron chi connectivity index (χ3n) is 11.2. The number of esters is 1. The van der Waals surface area contributed by atoms with Crippen molar-refractivity contribution in [1.82, 2.24) is 0 Å². The molecule has 0 aliphatic carbocycles. The quantitative estimate of drug-likeness (QED) is 0.0482. The molecule has 3 fully saturated rings. The number of hydrogen-bond acceptors (Lipinski definition) is 24. The number of rotatable bonds is 12. The van der Waals surface area contributed by atoms with E-state index in [4.69, 9.17) is 32.8 Å². The Kier molecular flexibility index (Phi) is 14.4. The number of ether oxygens (including phenoxy) is 6. The average Bonchev–Trinajstić information content (AvgIpc) is 3.29. The molecule has 4 heterocycles. The minimum Gasteiger partial charge on any atom is -0.507 e.